The molecule has 0 radical (unpaired) electrons. The Morgan fingerprint density at radius 2 is 1.67 bits per heavy atom. The zero-order valence-electron chi connectivity index (χ0n) is 13.3. The molecule has 4 rings (SSSR count). The Balaban J connectivity index is 1.68. The average molecular weight is 406 g/mol. The number of halogens is 2. The van der Waals surface area contributed by atoms with Gasteiger partial charge in [0.2, 0.25) is 12.0 Å². The van der Waals surface area contributed by atoms with Crippen LogP contribution in [0, 0.1) is 16.0 Å². The summed E-state index contributed by atoms with van der Waals surface area (Å²) in [5.41, 5.74) is 0.839. The van der Waals surface area contributed by atoms with Gasteiger partial charge in [-0.05, 0) is 30.3 Å². The first kappa shape index (κ1) is 17.4. The number of carbonyl (C=O) groups excluding carboxylic acids is 2. The van der Waals surface area contributed by atoms with Crippen molar-refractivity contribution in [3.8, 4) is 0 Å². The number of oxime groups is 1. The Labute approximate surface area is 162 Å². The fourth-order valence-electron chi connectivity index (χ4n) is 3.09. The van der Waals surface area contributed by atoms with Crippen molar-refractivity contribution in [1.82, 2.24) is 0 Å². The highest BCUT2D eigenvalue weighted by atomic mass is 35.5. The fourth-order valence-corrected chi connectivity index (χ4v) is 3.61. The van der Waals surface area contributed by atoms with E-state index in [1.165, 1.54) is 42.5 Å². The maximum absolute atomic E-state index is 12.9. The van der Waals surface area contributed by atoms with E-state index in [1.807, 2.05) is 0 Å². The maximum atomic E-state index is 12.9. The standard InChI is InChI=1S/C17H9Cl2N3O5/c18-9-5-10(19)7-12(6-9)21-16(23)13-14(20-27-15(13)17(21)24)8-1-3-11(4-2-8)22(25)26/h1-7,13,15H/t13-,15+/m0/s1. The number of benzene rings is 2. The van der Waals surface area contributed by atoms with E-state index in [1.54, 1.807) is 0 Å². The Morgan fingerprint density at radius 3 is 2.26 bits per heavy atom. The Morgan fingerprint density at radius 1 is 1.04 bits per heavy atom. The van der Waals surface area contributed by atoms with Gasteiger partial charge >= 0.3 is 0 Å². The van der Waals surface area contributed by atoms with Gasteiger partial charge in [0.1, 0.15) is 11.6 Å². The minimum absolute atomic E-state index is 0.0983. The van der Waals surface area contributed by atoms with Crippen molar-refractivity contribution in [2.75, 3.05) is 4.90 Å². The first-order valence-corrected chi connectivity index (χ1v) is 8.45. The molecule has 136 valence electrons. The third kappa shape index (κ3) is 2.83. The van der Waals surface area contributed by atoms with Crippen LogP contribution in [0.1, 0.15) is 5.56 Å². The lowest BCUT2D eigenvalue weighted by atomic mass is 9.94. The van der Waals surface area contributed by atoms with Gasteiger partial charge in [-0.2, -0.15) is 0 Å². The molecule has 0 aliphatic carbocycles. The molecule has 27 heavy (non-hydrogen) atoms. The van der Waals surface area contributed by atoms with Crippen molar-refractivity contribution in [3.05, 3.63) is 68.2 Å². The molecule has 2 heterocycles. The van der Waals surface area contributed by atoms with Crippen LogP contribution in [0.3, 0.4) is 0 Å². The van der Waals surface area contributed by atoms with Crippen molar-refractivity contribution in [2.24, 2.45) is 11.1 Å². The molecular weight excluding hydrogens is 397 g/mol. The van der Waals surface area contributed by atoms with Gasteiger partial charge in [0.15, 0.2) is 0 Å². The zero-order valence-corrected chi connectivity index (χ0v) is 14.8. The Kier molecular flexibility index (Phi) is 4.09. The topological polar surface area (TPSA) is 102 Å². The lowest BCUT2D eigenvalue weighted by Gasteiger charge is -2.16. The van der Waals surface area contributed by atoms with Gasteiger partial charge in [-0.25, -0.2) is 4.90 Å². The van der Waals surface area contributed by atoms with E-state index in [0.717, 1.165) is 4.90 Å². The zero-order chi connectivity index (χ0) is 19.3. The number of imide groups is 1. The molecule has 0 N–H and O–H groups in total. The van der Waals surface area contributed by atoms with Gasteiger partial charge in [0.25, 0.3) is 11.6 Å². The summed E-state index contributed by atoms with van der Waals surface area (Å²) in [5.74, 6) is -2.06. The molecule has 1 saturated heterocycles. The van der Waals surface area contributed by atoms with Crippen LogP contribution in [0.4, 0.5) is 11.4 Å². The van der Waals surface area contributed by atoms with Crippen molar-refractivity contribution >= 4 is 52.1 Å². The number of hydrogen-bond acceptors (Lipinski definition) is 6. The van der Waals surface area contributed by atoms with E-state index >= 15 is 0 Å². The smallest absolute Gasteiger partial charge is 0.278 e. The van der Waals surface area contributed by atoms with E-state index in [0.29, 0.717) is 5.56 Å². The van der Waals surface area contributed by atoms with E-state index in [4.69, 9.17) is 28.0 Å². The molecule has 2 aliphatic heterocycles. The maximum Gasteiger partial charge on any atom is 0.278 e. The predicted octanol–water partition coefficient (Wildman–Crippen LogP) is 3.19. The number of non-ortho nitro benzene ring substituents is 1. The average Bonchev–Trinajstić information content (AvgIpc) is 3.15. The largest absolute Gasteiger partial charge is 0.381 e. The van der Waals surface area contributed by atoms with Gasteiger partial charge in [0, 0.05) is 27.7 Å². The molecule has 10 heteroatoms. The molecule has 0 unspecified atom stereocenters. The molecule has 0 bridgehead atoms. The number of amides is 2. The van der Waals surface area contributed by atoms with Crippen LogP contribution in [0.15, 0.2) is 47.6 Å². The van der Waals surface area contributed by atoms with Crippen LogP contribution in [0.5, 0.6) is 0 Å². The molecule has 0 spiro atoms. The number of nitrogens with zero attached hydrogens (tertiary/aromatic N) is 3. The number of hydrogen-bond donors (Lipinski definition) is 0. The third-order valence-corrected chi connectivity index (χ3v) is 4.73. The van der Waals surface area contributed by atoms with Gasteiger partial charge in [-0.3, -0.25) is 19.7 Å². The second-order valence-corrected chi connectivity index (χ2v) is 6.80. The second kappa shape index (κ2) is 6.33. The van der Waals surface area contributed by atoms with Gasteiger partial charge in [-0.15, -0.1) is 0 Å². The van der Waals surface area contributed by atoms with Crippen LogP contribution >= 0.6 is 23.2 Å². The van der Waals surface area contributed by atoms with Crippen LogP contribution < -0.4 is 4.90 Å². The summed E-state index contributed by atoms with van der Waals surface area (Å²) in [6.07, 6.45) is -1.10. The van der Waals surface area contributed by atoms with E-state index in [2.05, 4.69) is 5.16 Å². The molecule has 2 aromatic rings. The summed E-state index contributed by atoms with van der Waals surface area (Å²) in [7, 11) is 0. The highest BCUT2D eigenvalue weighted by molar-refractivity contribution is 6.37. The molecule has 0 saturated carbocycles. The number of anilines is 1. The van der Waals surface area contributed by atoms with Crippen LogP contribution in [-0.4, -0.2) is 28.6 Å². The van der Waals surface area contributed by atoms with Crippen LogP contribution in [0.2, 0.25) is 10.0 Å². The number of nitro benzene ring substituents is 1. The summed E-state index contributed by atoms with van der Waals surface area (Å²) in [6, 6.07) is 9.89. The second-order valence-electron chi connectivity index (χ2n) is 5.92. The molecular formula is C17H9Cl2N3O5. The number of rotatable bonds is 3. The Hall–Kier alpha value is -2.97. The van der Waals surface area contributed by atoms with Crippen molar-refractivity contribution in [3.63, 3.8) is 0 Å². The summed E-state index contributed by atoms with van der Waals surface area (Å²) >= 11 is 11.9. The van der Waals surface area contributed by atoms with E-state index < -0.39 is 28.8 Å². The summed E-state index contributed by atoms with van der Waals surface area (Å²) in [6.45, 7) is 0. The highest BCUT2D eigenvalue weighted by Crippen LogP contribution is 2.37. The minimum atomic E-state index is -1.10. The Bertz CT molecular complexity index is 1000. The van der Waals surface area contributed by atoms with Gasteiger partial charge in [-0.1, -0.05) is 28.4 Å². The van der Waals surface area contributed by atoms with Crippen LogP contribution in [0.25, 0.3) is 0 Å². The normalized spacial score (nSPS) is 21.1. The first-order chi connectivity index (χ1) is 12.9. The van der Waals surface area contributed by atoms with E-state index in [-0.39, 0.29) is 27.1 Å². The van der Waals surface area contributed by atoms with Crippen molar-refractivity contribution < 1.29 is 19.3 Å². The summed E-state index contributed by atoms with van der Waals surface area (Å²) < 4.78 is 0. The third-order valence-electron chi connectivity index (χ3n) is 4.29. The molecule has 2 aromatic carbocycles. The monoisotopic (exact) mass is 405 g/mol. The number of carbonyl (C=O) groups is 2. The molecule has 2 amide bonds. The highest BCUT2D eigenvalue weighted by Gasteiger charge is 2.56. The van der Waals surface area contributed by atoms with Crippen LogP contribution in [-0.2, 0) is 14.4 Å². The lowest BCUT2D eigenvalue weighted by Crippen LogP contribution is -2.33. The fraction of sp³-hybridized carbons (Fsp3) is 0.118. The lowest BCUT2D eigenvalue weighted by molar-refractivity contribution is -0.384. The minimum Gasteiger partial charge on any atom is -0.381 e. The molecule has 8 nitrogen and oxygen atoms in total. The van der Waals surface area contributed by atoms with Gasteiger partial charge in [0.05, 0.1) is 10.6 Å². The molecule has 2 aliphatic rings. The predicted molar refractivity (Wildman–Crippen MR) is 97.0 cm³/mol. The summed E-state index contributed by atoms with van der Waals surface area (Å²) in [4.78, 5) is 42.0. The quantitative estimate of drug-likeness (QED) is 0.443. The molecule has 0 aromatic heterocycles. The molecule has 2 atom stereocenters. The van der Waals surface area contributed by atoms with Crippen molar-refractivity contribution in [2.45, 2.75) is 6.10 Å². The number of nitro groups is 1. The first-order valence-electron chi connectivity index (χ1n) is 7.69. The SMILES string of the molecule is O=C1[C@H]2C(c3ccc([N+](=O)[O-])cc3)=NO[C@H]2C(=O)N1c1cc(Cl)cc(Cl)c1. The summed E-state index contributed by atoms with van der Waals surface area (Å²) in [5, 5.41) is 15.2. The van der Waals surface area contributed by atoms with Gasteiger partial charge < -0.3 is 4.84 Å². The molecule has 1 fully saturated rings. The number of fused-ring (bicyclic) bond motifs is 1. The van der Waals surface area contributed by atoms with E-state index in [9.17, 15) is 19.7 Å². The van der Waals surface area contributed by atoms with Crippen molar-refractivity contribution in [1.29, 1.82) is 0 Å².